The van der Waals surface area contributed by atoms with Gasteiger partial charge < -0.3 is 49.3 Å². The molecule has 0 spiro atoms. The summed E-state index contributed by atoms with van der Waals surface area (Å²) in [5.41, 5.74) is 0.857. The van der Waals surface area contributed by atoms with Crippen molar-refractivity contribution in [3.8, 4) is 11.5 Å². The van der Waals surface area contributed by atoms with Crippen molar-refractivity contribution in [2.24, 2.45) is 5.92 Å². The van der Waals surface area contributed by atoms with Crippen LogP contribution >= 0.6 is 24.0 Å². The van der Waals surface area contributed by atoms with Crippen molar-refractivity contribution in [2.45, 2.75) is 196 Å². The first-order valence-electron chi connectivity index (χ1n) is 26.8. The average molecular weight is 1090 g/mol. The van der Waals surface area contributed by atoms with Gasteiger partial charge in [-0.2, -0.15) is 0 Å². The number of hydrogen-bond donors (Lipinski definition) is 2. The van der Waals surface area contributed by atoms with E-state index in [2.05, 4.69) is 24.5 Å². The molecule has 17 nitrogen and oxygen atoms in total. The molecule has 3 heterocycles. The van der Waals surface area contributed by atoms with Gasteiger partial charge >= 0.3 is 6.09 Å². The quantitative estimate of drug-likeness (QED) is 0.153. The van der Waals surface area contributed by atoms with Crippen LogP contribution in [0.3, 0.4) is 0 Å². The Morgan fingerprint density at radius 3 is 1.49 bits per heavy atom. The number of aryl methyl sites for hydroxylation is 2. The van der Waals surface area contributed by atoms with E-state index in [0.717, 1.165) is 49.7 Å². The third kappa shape index (κ3) is 15.0. The van der Waals surface area contributed by atoms with Crippen LogP contribution in [-0.2, 0) is 23.9 Å². The molecule has 6 rings (SSSR count). The van der Waals surface area contributed by atoms with Gasteiger partial charge in [0.25, 0.3) is 23.6 Å². The number of rotatable bonds is 16. The number of carbonyl (C=O) groups is 7. The Kier molecular flexibility index (Phi) is 22.1. The number of ether oxygens (including phenoxy) is 3. The van der Waals surface area contributed by atoms with Crippen LogP contribution in [0.15, 0.2) is 24.3 Å². The molecule has 2 aromatic carbocycles. The number of carbonyl (C=O) groups excluding carboxylic acids is 7. The zero-order chi connectivity index (χ0) is 55.0. The Balaban J connectivity index is 0.000000327. The number of likely N-dealkylation sites (tertiary alicyclic amines) is 1. The molecule has 1 aliphatic carbocycles. The first-order chi connectivity index (χ1) is 34.7. The maximum atomic E-state index is 14.2. The summed E-state index contributed by atoms with van der Waals surface area (Å²) >= 11 is 6.19. The summed E-state index contributed by atoms with van der Waals surface area (Å²) in [6.07, 6.45) is 7.33. The van der Waals surface area contributed by atoms with Crippen molar-refractivity contribution >= 4 is 76.9 Å². The normalized spacial score (nSPS) is 18.3. The summed E-state index contributed by atoms with van der Waals surface area (Å²) in [6.45, 7) is 28.1. The van der Waals surface area contributed by atoms with E-state index < -0.39 is 22.9 Å². The smallest absolute Gasteiger partial charge is 0.411 e. The van der Waals surface area contributed by atoms with E-state index in [1.165, 1.54) is 6.42 Å². The molecule has 7 amide bonds. The molecule has 1 unspecified atom stereocenters. The Morgan fingerprint density at radius 1 is 0.680 bits per heavy atom. The SMILES string of the molecule is CCC(=O)NCCN1C(=O)C(C)(C)Oc2cc(C)c(C(=O)N(C(C)C)C3CCCCC3)cc21.CCC(=O)NCCN1C(=O)C(C)(C)Oc2cc(C)c(C(=O)N(C(C)C)[C@@H]3CCCN(C(=O)OC(Cl)C(C)C)C3)cc21.Cl. The van der Waals surface area contributed by atoms with Crippen LogP contribution in [0.4, 0.5) is 16.2 Å². The van der Waals surface area contributed by atoms with Gasteiger partial charge in [0.2, 0.25) is 11.8 Å². The molecule has 1 saturated heterocycles. The van der Waals surface area contributed by atoms with Gasteiger partial charge in [0.05, 0.1) is 17.4 Å². The maximum absolute atomic E-state index is 14.2. The second kappa shape index (κ2) is 26.7. The van der Waals surface area contributed by atoms with Gasteiger partial charge in [-0.05, 0) is 130 Å². The molecule has 75 heavy (non-hydrogen) atoms. The molecular weight excluding hydrogens is 1000 g/mol. The molecule has 3 aliphatic heterocycles. The van der Waals surface area contributed by atoms with Crippen molar-refractivity contribution in [1.29, 1.82) is 0 Å². The number of nitrogens with one attached hydrogen (secondary N) is 2. The van der Waals surface area contributed by atoms with Crippen LogP contribution in [0.1, 0.15) is 173 Å². The van der Waals surface area contributed by atoms with E-state index in [0.29, 0.717) is 73.0 Å². The lowest BCUT2D eigenvalue weighted by molar-refractivity contribution is -0.133. The fourth-order valence-electron chi connectivity index (χ4n) is 10.1. The molecular formula is C56H85Cl2N7O10. The van der Waals surface area contributed by atoms with Gasteiger partial charge in [-0.25, -0.2) is 4.79 Å². The summed E-state index contributed by atoms with van der Waals surface area (Å²) in [7, 11) is 0. The fourth-order valence-corrected chi connectivity index (χ4v) is 10.2. The van der Waals surface area contributed by atoms with Gasteiger partial charge in [0.1, 0.15) is 11.5 Å². The highest BCUT2D eigenvalue weighted by atomic mass is 35.5. The second-order valence-electron chi connectivity index (χ2n) is 21.9. The summed E-state index contributed by atoms with van der Waals surface area (Å²) < 4.78 is 17.5. The minimum absolute atomic E-state index is 0. The summed E-state index contributed by atoms with van der Waals surface area (Å²) in [4.78, 5) is 99.5. The minimum Gasteiger partial charge on any atom is -0.476 e. The Morgan fingerprint density at radius 2 is 1.09 bits per heavy atom. The van der Waals surface area contributed by atoms with E-state index in [1.54, 1.807) is 74.4 Å². The zero-order valence-corrected chi connectivity index (χ0v) is 48.6. The lowest BCUT2D eigenvalue weighted by Gasteiger charge is -2.42. The molecule has 1 saturated carbocycles. The van der Waals surface area contributed by atoms with Gasteiger partial charge in [-0.1, -0.05) is 58.6 Å². The molecule has 418 valence electrons. The topological polar surface area (TPSA) is 187 Å². The predicted molar refractivity (Wildman–Crippen MR) is 295 cm³/mol. The number of alkyl halides is 1. The monoisotopic (exact) mass is 1090 g/mol. The number of anilines is 2. The highest BCUT2D eigenvalue weighted by Gasteiger charge is 2.44. The van der Waals surface area contributed by atoms with Crippen molar-refractivity contribution in [3.63, 3.8) is 0 Å². The number of hydrogen-bond acceptors (Lipinski definition) is 10. The number of benzene rings is 2. The van der Waals surface area contributed by atoms with Crippen LogP contribution in [-0.4, -0.2) is 136 Å². The highest BCUT2D eigenvalue weighted by Crippen LogP contribution is 2.42. The van der Waals surface area contributed by atoms with Crippen molar-refractivity contribution < 1.29 is 47.8 Å². The van der Waals surface area contributed by atoms with Crippen molar-refractivity contribution in [2.75, 3.05) is 49.1 Å². The average Bonchev–Trinajstić information content (AvgIpc) is 3.33. The van der Waals surface area contributed by atoms with Gasteiger partial charge in [0, 0.05) is 87.3 Å². The number of nitrogens with zero attached hydrogens (tertiary/aromatic N) is 5. The standard InChI is InChI=1S/C30H45ClN4O6.C26H39N3O4.ClH/c1-9-25(36)32-12-14-34-23-16-22(20(6)15-24(23)41-30(7,8)28(34)38)27(37)35(19(4)5)21-11-10-13-33(17-21)29(39)40-26(31)18(2)3;1-7-23(30)27-13-14-28-21-16-20(18(4)15-22(21)33-26(5,6)25(28)32)24(31)29(17(2)3)19-11-9-8-10-12-19;/h15-16,18-19,21,26H,9-14,17H2,1-8H3,(H,32,36);15-17,19H,7-14H2,1-6H3,(H,27,30);1H/t21-,26?;;/m1../s1. The van der Waals surface area contributed by atoms with Crippen LogP contribution < -0.4 is 29.9 Å². The van der Waals surface area contributed by atoms with E-state index in [9.17, 15) is 33.6 Å². The maximum Gasteiger partial charge on any atom is 0.411 e. The van der Waals surface area contributed by atoms with Crippen LogP contribution in [0, 0.1) is 19.8 Å². The number of piperidine rings is 1. The molecule has 2 N–H and O–H groups in total. The van der Waals surface area contributed by atoms with Crippen molar-refractivity contribution in [1.82, 2.24) is 25.3 Å². The predicted octanol–water partition coefficient (Wildman–Crippen LogP) is 9.33. The lowest BCUT2D eigenvalue weighted by Crippen LogP contribution is -2.55. The third-order valence-corrected chi connectivity index (χ3v) is 14.8. The largest absolute Gasteiger partial charge is 0.476 e. The van der Waals surface area contributed by atoms with E-state index >= 15 is 0 Å². The first kappa shape index (κ1) is 62.3. The molecule has 2 atom stereocenters. The fraction of sp³-hybridized carbons (Fsp3) is 0.661. The molecule has 19 heteroatoms. The molecule has 0 bridgehead atoms. The Bertz CT molecular complexity index is 2390. The zero-order valence-electron chi connectivity index (χ0n) is 47.0. The van der Waals surface area contributed by atoms with Gasteiger partial charge in [0.15, 0.2) is 16.8 Å². The van der Waals surface area contributed by atoms with Gasteiger partial charge in [-0.15, -0.1) is 12.4 Å². The Labute approximate surface area is 456 Å². The highest BCUT2D eigenvalue weighted by molar-refractivity contribution is 6.20. The number of halogens is 2. The summed E-state index contributed by atoms with van der Waals surface area (Å²) in [6, 6.07) is 7.16. The van der Waals surface area contributed by atoms with E-state index in [1.807, 2.05) is 57.4 Å². The molecule has 2 fully saturated rings. The number of amides is 7. The number of fused-ring (bicyclic) bond motifs is 2. The summed E-state index contributed by atoms with van der Waals surface area (Å²) in [5.74, 6) is 0.297. The molecule has 0 radical (unpaired) electrons. The van der Waals surface area contributed by atoms with E-state index in [-0.39, 0.29) is 91.0 Å². The second-order valence-corrected chi connectivity index (χ2v) is 22.4. The lowest BCUT2D eigenvalue weighted by atomic mass is 9.92. The molecule has 4 aliphatic rings. The van der Waals surface area contributed by atoms with Crippen LogP contribution in [0.5, 0.6) is 11.5 Å². The molecule has 2 aromatic rings. The van der Waals surface area contributed by atoms with Crippen LogP contribution in [0.25, 0.3) is 0 Å². The van der Waals surface area contributed by atoms with Crippen molar-refractivity contribution in [3.05, 3.63) is 46.5 Å². The molecule has 0 aromatic heterocycles. The minimum atomic E-state index is -1.10. The van der Waals surface area contributed by atoms with E-state index in [4.69, 9.17) is 25.8 Å². The van der Waals surface area contributed by atoms with Crippen LogP contribution in [0.2, 0.25) is 0 Å². The van der Waals surface area contributed by atoms with Gasteiger partial charge in [-0.3, -0.25) is 28.8 Å². The summed E-state index contributed by atoms with van der Waals surface area (Å²) in [5, 5.41) is 5.65. The Hall–Kier alpha value is -5.29. The third-order valence-electron chi connectivity index (χ3n) is 14.2. The first-order valence-corrected chi connectivity index (χ1v) is 27.3.